The van der Waals surface area contributed by atoms with Crippen molar-refractivity contribution in [3.63, 3.8) is 0 Å². The van der Waals surface area contributed by atoms with Crippen LogP contribution in [0.5, 0.6) is 0 Å². The highest BCUT2D eigenvalue weighted by molar-refractivity contribution is 8.00. The molecule has 0 aromatic carbocycles. The van der Waals surface area contributed by atoms with E-state index in [0.29, 0.717) is 5.95 Å². The lowest BCUT2D eigenvalue weighted by atomic mass is 10.3. The van der Waals surface area contributed by atoms with E-state index < -0.39 is 0 Å². The Balaban J connectivity index is 2.58. The SMILES string of the molecule is Cc1cc2c(SC(C)(C)C)nc(N)nc2s1. The van der Waals surface area contributed by atoms with Crippen molar-refractivity contribution < 1.29 is 0 Å². The van der Waals surface area contributed by atoms with E-state index in [1.807, 2.05) is 0 Å². The van der Waals surface area contributed by atoms with Crippen molar-refractivity contribution in [3.05, 3.63) is 10.9 Å². The molecule has 5 heteroatoms. The molecule has 0 amide bonds. The number of nitrogens with two attached hydrogens (primary N) is 1. The predicted molar refractivity (Wildman–Crippen MR) is 72.2 cm³/mol. The molecule has 0 aliphatic heterocycles. The van der Waals surface area contributed by atoms with Gasteiger partial charge in [-0.1, -0.05) is 32.5 Å². The molecule has 2 N–H and O–H groups in total. The topological polar surface area (TPSA) is 51.8 Å². The van der Waals surface area contributed by atoms with Crippen molar-refractivity contribution in [3.8, 4) is 0 Å². The Morgan fingerprint density at radius 1 is 1.31 bits per heavy atom. The highest BCUT2D eigenvalue weighted by Gasteiger charge is 2.17. The van der Waals surface area contributed by atoms with Crippen molar-refractivity contribution in [1.82, 2.24) is 9.97 Å². The second-order valence-electron chi connectivity index (χ2n) is 4.68. The fourth-order valence-corrected chi connectivity index (χ4v) is 3.34. The summed E-state index contributed by atoms with van der Waals surface area (Å²) < 4.78 is 0.129. The average Bonchev–Trinajstić information content (AvgIpc) is 2.42. The van der Waals surface area contributed by atoms with Crippen LogP contribution < -0.4 is 5.73 Å². The van der Waals surface area contributed by atoms with Gasteiger partial charge >= 0.3 is 0 Å². The number of hydrogen-bond donors (Lipinski definition) is 1. The summed E-state index contributed by atoms with van der Waals surface area (Å²) in [5, 5.41) is 2.11. The van der Waals surface area contributed by atoms with Gasteiger partial charge in [0, 0.05) is 15.0 Å². The summed E-state index contributed by atoms with van der Waals surface area (Å²) in [6.45, 7) is 8.58. The molecule has 0 aliphatic carbocycles. The van der Waals surface area contributed by atoms with E-state index in [9.17, 15) is 0 Å². The third-order valence-corrected chi connectivity index (χ3v) is 3.96. The number of aromatic nitrogens is 2. The maximum atomic E-state index is 5.72. The molecule has 0 bridgehead atoms. The van der Waals surface area contributed by atoms with Crippen molar-refractivity contribution in [2.45, 2.75) is 37.5 Å². The van der Waals surface area contributed by atoms with Gasteiger partial charge in [-0.05, 0) is 13.0 Å². The van der Waals surface area contributed by atoms with Crippen LogP contribution in [0.25, 0.3) is 10.2 Å². The summed E-state index contributed by atoms with van der Waals surface area (Å²) in [7, 11) is 0. The Morgan fingerprint density at radius 3 is 2.62 bits per heavy atom. The lowest BCUT2D eigenvalue weighted by molar-refractivity contribution is 0.800. The van der Waals surface area contributed by atoms with Crippen LogP contribution in [0, 0.1) is 6.92 Å². The van der Waals surface area contributed by atoms with Crippen LogP contribution in [-0.2, 0) is 0 Å². The molecule has 0 spiro atoms. The number of fused-ring (bicyclic) bond motifs is 1. The minimum Gasteiger partial charge on any atom is -0.368 e. The second kappa shape index (κ2) is 3.89. The Morgan fingerprint density at radius 2 is 2.00 bits per heavy atom. The van der Waals surface area contributed by atoms with E-state index in [4.69, 9.17) is 5.73 Å². The Kier molecular flexibility index (Phi) is 2.84. The zero-order valence-corrected chi connectivity index (χ0v) is 11.5. The quantitative estimate of drug-likeness (QED) is 0.624. The largest absolute Gasteiger partial charge is 0.368 e. The van der Waals surface area contributed by atoms with Crippen LogP contribution in [-0.4, -0.2) is 14.7 Å². The standard InChI is InChI=1S/C11H15N3S2/c1-6-5-7-8(15-6)13-10(12)14-9(7)16-11(2,3)4/h5H,1-4H3,(H2,12,13,14). The number of rotatable bonds is 1. The predicted octanol–water partition coefficient (Wildman–Crippen LogP) is 3.47. The van der Waals surface area contributed by atoms with Gasteiger partial charge in [0.15, 0.2) is 0 Å². The van der Waals surface area contributed by atoms with Crippen molar-refractivity contribution >= 4 is 39.3 Å². The summed E-state index contributed by atoms with van der Waals surface area (Å²) in [5.74, 6) is 0.362. The van der Waals surface area contributed by atoms with E-state index in [2.05, 4.69) is 43.7 Å². The smallest absolute Gasteiger partial charge is 0.222 e. The van der Waals surface area contributed by atoms with E-state index in [1.54, 1.807) is 23.1 Å². The second-order valence-corrected chi connectivity index (χ2v) is 7.73. The number of thioether (sulfide) groups is 1. The monoisotopic (exact) mass is 253 g/mol. The van der Waals surface area contributed by atoms with Gasteiger partial charge in [0.05, 0.1) is 0 Å². The molecule has 2 aromatic rings. The number of nitrogen functional groups attached to an aromatic ring is 1. The van der Waals surface area contributed by atoms with Gasteiger partial charge in [-0.3, -0.25) is 0 Å². The van der Waals surface area contributed by atoms with E-state index in [0.717, 1.165) is 15.2 Å². The van der Waals surface area contributed by atoms with Gasteiger partial charge in [0.2, 0.25) is 5.95 Å². The van der Waals surface area contributed by atoms with Crippen LogP contribution in [0.15, 0.2) is 11.1 Å². The molecule has 16 heavy (non-hydrogen) atoms. The zero-order chi connectivity index (χ0) is 11.9. The minimum absolute atomic E-state index is 0.129. The molecule has 2 aromatic heterocycles. The lowest BCUT2D eigenvalue weighted by Crippen LogP contribution is -2.08. The fourth-order valence-electron chi connectivity index (χ4n) is 1.40. The summed E-state index contributed by atoms with van der Waals surface area (Å²) in [4.78, 5) is 10.8. The summed E-state index contributed by atoms with van der Waals surface area (Å²) in [6.07, 6.45) is 0. The van der Waals surface area contributed by atoms with Gasteiger partial charge < -0.3 is 5.73 Å². The molecule has 2 heterocycles. The van der Waals surface area contributed by atoms with Gasteiger partial charge in [-0.15, -0.1) is 11.3 Å². The third-order valence-electron chi connectivity index (χ3n) is 1.90. The Hall–Kier alpha value is -0.810. The maximum absolute atomic E-state index is 5.72. The van der Waals surface area contributed by atoms with E-state index >= 15 is 0 Å². The summed E-state index contributed by atoms with van der Waals surface area (Å²) in [5.41, 5.74) is 5.72. The molecule has 86 valence electrons. The molecule has 0 atom stereocenters. The number of aryl methyl sites for hydroxylation is 1. The van der Waals surface area contributed by atoms with Crippen LogP contribution in [0.1, 0.15) is 25.6 Å². The highest BCUT2D eigenvalue weighted by atomic mass is 32.2. The maximum Gasteiger partial charge on any atom is 0.222 e. The lowest BCUT2D eigenvalue weighted by Gasteiger charge is -2.17. The molecule has 0 unspecified atom stereocenters. The molecule has 2 rings (SSSR count). The molecular weight excluding hydrogens is 238 g/mol. The first-order valence-corrected chi connectivity index (χ1v) is 6.71. The van der Waals surface area contributed by atoms with Crippen LogP contribution >= 0.6 is 23.1 Å². The molecule has 0 radical (unpaired) electrons. The average molecular weight is 253 g/mol. The van der Waals surface area contributed by atoms with E-state index in [-0.39, 0.29) is 4.75 Å². The molecule has 0 aliphatic rings. The van der Waals surface area contributed by atoms with Gasteiger partial charge in [0.1, 0.15) is 9.86 Å². The Labute approximate surface area is 103 Å². The first-order valence-electron chi connectivity index (χ1n) is 5.08. The number of anilines is 1. The van der Waals surface area contributed by atoms with Crippen molar-refractivity contribution in [2.24, 2.45) is 0 Å². The molecule has 3 nitrogen and oxygen atoms in total. The van der Waals surface area contributed by atoms with Crippen LogP contribution in [0.4, 0.5) is 5.95 Å². The summed E-state index contributed by atoms with van der Waals surface area (Å²) >= 11 is 3.40. The highest BCUT2D eigenvalue weighted by Crippen LogP contribution is 2.37. The van der Waals surface area contributed by atoms with Crippen molar-refractivity contribution in [2.75, 3.05) is 5.73 Å². The third kappa shape index (κ3) is 2.47. The Bertz CT molecular complexity index is 526. The number of thiophene rings is 1. The van der Waals surface area contributed by atoms with Gasteiger partial charge in [-0.2, -0.15) is 0 Å². The fraction of sp³-hybridized carbons (Fsp3) is 0.455. The summed E-state index contributed by atoms with van der Waals surface area (Å²) in [6, 6.07) is 2.13. The normalized spacial score (nSPS) is 12.2. The number of nitrogens with zero attached hydrogens (tertiary/aromatic N) is 2. The first kappa shape index (κ1) is 11.7. The van der Waals surface area contributed by atoms with Crippen molar-refractivity contribution in [1.29, 1.82) is 0 Å². The first-order chi connectivity index (χ1) is 7.35. The molecule has 0 saturated heterocycles. The molecular formula is C11H15N3S2. The van der Waals surface area contributed by atoms with Crippen LogP contribution in [0.2, 0.25) is 0 Å². The van der Waals surface area contributed by atoms with Crippen LogP contribution in [0.3, 0.4) is 0 Å². The minimum atomic E-state index is 0.129. The number of hydrogen-bond acceptors (Lipinski definition) is 5. The molecule has 0 fully saturated rings. The van der Waals surface area contributed by atoms with E-state index in [1.165, 1.54) is 4.88 Å². The van der Waals surface area contributed by atoms with Gasteiger partial charge in [0.25, 0.3) is 0 Å². The van der Waals surface area contributed by atoms with Gasteiger partial charge in [-0.25, -0.2) is 9.97 Å². The molecule has 0 saturated carbocycles. The zero-order valence-electron chi connectivity index (χ0n) is 9.87.